The largest absolute Gasteiger partial charge is 0.378 e. The molecule has 1 saturated heterocycles. The molecule has 1 aliphatic rings. The molecule has 1 radical (unpaired) electrons. The highest BCUT2D eigenvalue weighted by atomic mass is 16.5. The maximum Gasteiger partial charge on any atom is 0.254 e. The van der Waals surface area contributed by atoms with E-state index in [0.29, 0.717) is 37.4 Å². The van der Waals surface area contributed by atoms with Gasteiger partial charge < -0.3 is 9.64 Å². The zero-order valence-corrected chi connectivity index (χ0v) is 8.81. The van der Waals surface area contributed by atoms with Crippen molar-refractivity contribution in [2.45, 2.75) is 0 Å². The van der Waals surface area contributed by atoms with E-state index in [0.717, 1.165) is 0 Å². The number of amides is 1. The van der Waals surface area contributed by atoms with Gasteiger partial charge in [-0.1, -0.05) is 18.2 Å². The van der Waals surface area contributed by atoms with Crippen molar-refractivity contribution in [3.8, 4) is 0 Å². The summed E-state index contributed by atoms with van der Waals surface area (Å²) >= 11 is 0. The van der Waals surface area contributed by atoms with Crippen LogP contribution in [0, 0.1) is 0 Å². The molecule has 0 bridgehead atoms. The van der Waals surface area contributed by atoms with Crippen molar-refractivity contribution < 1.29 is 14.3 Å². The summed E-state index contributed by atoms with van der Waals surface area (Å²) in [5.74, 6) is -0.123. The second kappa shape index (κ2) is 4.90. The standard InChI is InChI=1S/C12H12NO3/c14-9-10-3-1-2-4-11(10)12(15)13-5-7-16-8-6-13/h1-4H,5-8H2. The first-order valence-corrected chi connectivity index (χ1v) is 5.17. The lowest BCUT2D eigenvalue weighted by Crippen LogP contribution is -2.41. The van der Waals surface area contributed by atoms with Gasteiger partial charge in [-0.2, -0.15) is 0 Å². The zero-order chi connectivity index (χ0) is 11.4. The van der Waals surface area contributed by atoms with Gasteiger partial charge in [0, 0.05) is 18.7 Å². The van der Waals surface area contributed by atoms with Crippen molar-refractivity contribution in [2.75, 3.05) is 26.3 Å². The molecule has 1 aromatic carbocycles. The molecule has 4 heteroatoms. The van der Waals surface area contributed by atoms with E-state index in [4.69, 9.17) is 4.74 Å². The van der Waals surface area contributed by atoms with Gasteiger partial charge in [0.2, 0.25) is 6.29 Å². The Bertz CT molecular complexity index is 397. The van der Waals surface area contributed by atoms with Crippen LogP contribution in [0.25, 0.3) is 0 Å². The third kappa shape index (κ3) is 2.12. The molecule has 1 aliphatic heterocycles. The average Bonchev–Trinajstić information content (AvgIpc) is 2.39. The summed E-state index contributed by atoms with van der Waals surface area (Å²) in [7, 11) is 0. The molecule has 83 valence electrons. The molecule has 0 N–H and O–H groups in total. The fourth-order valence-corrected chi connectivity index (χ4v) is 1.70. The molecule has 0 spiro atoms. The number of nitrogens with zero attached hydrogens (tertiary/aromatic N) is 1. The van der Waals surface area contributed by atoms with E-state index in [1.807, 2.05) is 0 Å². The molecule has 0 saturated carbocycles. The van der Waals surface area contributed by atoms with Gasteiger partial charge in [0.05, 0.1) is 18.8 Å². The van der Waals surface area contributed by atoms with E-state index < -0.39 is 0 Å². The number of morpholine rings is 1. The van der Waals surface area contributed by atoms with E-state index in [1.54, 1.807) is 35.5 Å². The van der Waals surface area contributed by atoms with Crippen LogP contribution in [0.1, 0.15) is 15.9 Å². The predicted octanol–water partition coefficient (Wildman–Crippen LogP) is 0.617. The van der Waals surface area contributed by atoms with E-state index >= 15 is 0 Å². The number of rotatable bonds is 2. The zero-order valence-electron chi connectivity index (χ0n) is 8.81. The van der Waals surface area contributed by atoms with Gasteiger partial charge in [-0.25, -0.2) is 0 Å². The summed E-state index contributed by atoms with van der Waals surface area (Å²) in [6.07, 6.45) is 1.79. The van der Waals surface area contributed by atoms with Crippen LogP contribution >= 0.6 is 0 Å². The number of hydrogen-bond acceptors (Lipinski definition) is 3. The molecule has 0 aliphatic carbocycles. The topological polar surface area (TPSA) is 46.6 Å². The number of carbonyl (C=O) groups excluding carboxylic acids is 2. The van der Waals surface area contributed by atoms with Crippen LogP contribution in [0.3, 0.4) is 0 Å². The SMILES string of the molecule is O=[C]c1ccccc1C(=O)N1CCOCC1. The van der Waals surface area contributed by atoms with Gasteiger partial charge in [-0.3, -0.25) is 9.59 Å². The molecular weight excluding hydrogens is 206 g/mol. The maximum absolute atomic E-state index is 12.1. The Balaban J connectivity index is 2.22. The van der Waals surface area contributed by atoms with Crippen molar-refractivity contribution in [1.29, 1.82) is 0 Å². The summed E-state index contributed by atoms with van der Waals surface area (Å²) < 4.78 is 5.17. The third-order valence-corrected chi connectivity index (χ3v) is 2.57. The molecule has 0 aromatic heterocycles. The van der Waals surface area contributed by atoms with Crippen LogP contribution in [0.5, 0.6) is 0 Å². The van der Waals surface area contributed by atoms with Crippen LogP contribution in [-0.4, -0.2) is 43.4 Å². The van der Waals surface area contributed by atoms with Crippen LogP contribution in [0.4, 0.5) is 0 Å². The highest BCUT2D eigenvalue weighted by molar-refractivity contribution is 6.01. The minimum absolute atomic E-state index is 0.123. The first kappa shape index (κ1) is 10.8. The molecule has 1 heterocycles. The lowest BCUT2D eigenvalue weighted by molar-refractivity contribution is 0.0302. The van der Waals surface area contributed by atoms with Crippen molar-refractivity contribution in [3.05, 3.63) is 35.4 Å². The quantitative estimate of drug-likeness (QED) is 0.731. The molecule has 2 rings (SSSR count). The van der Waals surface area contributed by atoms with Gasteiger partial charge in [-0.15, -0.1) is 0 Å². The fraction of sp³-hybridized carbons (Fsp3) is 0.333. The predicted molar refractivity (Wildman–Crippen MR) is 58.0 cm³/mol. The van der Waals surface area contributed by atoms with E-state index in [1.165, 1.54) is 0 Å². The van der Waals surface area contributed by atoms with Gasteiger partial charge in [-0.05, 0) is 6.07 Å². The Hall–Kier alpha value is -1.68. The molecular formula is C12H12NO3. The van der Waals surface area contributed by atoms with Crippen LogP contribution < -0.4 is 0 Å². The van der Waals surface area contributed by atoms with Crippen molar-refractivity contribution >= 4 is 12.2 Å². The summed E-state index contributed by atoms with van der Waals surface area (Å²) in [4.78, 5) is 24.5. The number of hydrogen-bond donors (Lipinski definition) is 0. The molecule has 1 amide bonds. The second-order valence-electron chi connectivity index (χ2n) is 3.55. The smallest absolute Gasteiger partial charge is 0.254 e. The molecule has 1 fully saturated rings. The van der Waals surface area contributed by atoms with E-state index in [9.17, 15) is 9.59 Å². The Kier molecular flexibility index (Phi) is 3.31. The number of ether oxygens (including phenoxy) is 1. The minimum Gasteiger partial charge on any atom is -0.378 e. The van der Waals surface area contributed by atoms with Gasteiger partial charge in [0.15, 0.2) is 0 Å². The highest BCUT2D eigenvalue weighted by Gasteiger charge is 2.20. The van der Waals surface area contributed by atoms with E-state index in [-0.39, 0.29) is 5.91 Å². The lowest BCUT2D eigenvalue weighted by Gasteiger charge is -2.27. The normalized spacial score (nSPS) is 15.9. The molecule has 1 aromatic rings. The Morgan fingerprint density at radius 2 is 1.94 bits per heavy atom. The summed E-state index contributed by atoms with van der Waals surface area (Å²) in [6.45, 7) is 2.26. The second-order valence-corrected chi connectivity index (χ2v) is 3.55. The molecule has 0 unspecified atom stereocenters. The van der Waals surface area contributed by atoms with Crippen molar-refractivity contribution in [3.63, 3.8) is 0 Å². The molecule has 4 nitrogen and oxygen atoms in total. The third-order valence-electron chi connectivity index (χ3n) is 2.57. The molecule has 0 atom stereocenters. The van der Waals surface area contributed by atoms with Gasteiger partial charge >= 0.3 is 0 Å². The van der Waals surface area contributed by atoms with Crippen LogP contribution in [0.15, 0.2) is 24.3 Å². The Labute approximate surface area is 93.8 Å². The van der Waals surface area contributed by atoms with Crippen molar-refractivity contribution in [2.24, 2.45) is 0 Å². The number of benzene rings is 1. The maximum atomic E-state index is 12.1. The molecule has 16 heavy (non-hydrogen) atoms. The monoisotopic (exact) mass is 218 g/mol. The van der Waals surface area contributed by atoms with Gasteiger partial charge in [0.1, 0.15) is 0 Å². The first-order valence-electron chi connectivity index (χ1n) is 5.17. The average molecular weight is 218 g/mol. The summed E-state index contributed by atoms with van der Waals surface area (Å²) in [5, 5.41) is 0. The number of carbonyl (C=O) groups is 1. The Morgan fingerprint density at radius 1 is 1.25 bits per heavy atom. The fourth-order valence-electron chi connectivity index (χ4n) is 1.70. The summed E-state index contributed by atoms with van der Waals surface area (Å²) in [5.41, 5.74) is 0.735. The first-order chi connectivity index (χ1) is 7.83. The Morgan fingerprint density at radius 3 is 2.62 bits per heavy atom. The van der Waals surface area contributed by atoms with E-state index in [2.05, 4.69) is 0 Å². The summed E-state index contributed by atoms with van der Waals surface area (Å²) in [6, 6.07) is 6.71. The van der Waals surface area contributed by atoms with Gasteiger partial charge in [0.25, 0.3) is 5.91 Å². The van der Waals surface area contributed by atoms with Crippen LogP contribution in [0.2, 0.25) is 0 Å². The van der Waals surface area contributed by atoms with Crippen molar-refractivity contribution in [1.82, 2.24) is 4.90 Å². The minimum atomic E-state index is -0.123. The highest BCUT2D eigenvalue weighted by Crippen LogP contribution is 2.11. The lowest BCUT2D eigenvalue weighted by atomic mass is 10.1. The van der Waals surface area contributed by atoms with Crippen LogP contribution in [-0.2, 0) is 9.53 Å².